The Kier molecular flexibility index (Phi) is 6.34. The van der Waals surface area contributed by atoms with E-state index in [0.717, 1.165) is 38.2 Å². The van der Waals surface area contributed by atoms with Crippen LogP contribution in [0.4, 0.5) is 5.95 Å². The maximum absolute atomic E-state index is 12.3. The normalized spacial score (nSPS) is 14.9. The molecule has 0 radical (unpaired) electrons. The molecule has 0 saturated carbocycles. The second kappa shape index (κ2) is 8.90. The molecule has 0 unspecified atom stereocenters. The maximum atomic E-state index is 12.3. The van der Waals surface area contributed by atoms with Gasteiger partial charge in [-0.2, -0.15) is 10.1 Å². The largest absolute Gasteiger partial charge is 0.317 e. The second-order valence-electron chi connectivity index (χ2n) is 6.96. The summed E-state index contributed by atoms with van der Waals surface area (Å²) in [4.78, 5) is 29.0. The van der Waals surface area contributed by atoms with Crippen molar-refractivity contribution in [2.45, 2.75) is 44.9 Å². The van der Waals surface area contributed by atoms with Crippen LogP contribution in [0.25, 0.3) is 0 Å². The van der Waals surface area contributed by atoms with Crippen LogP contribution in [0.5, 0.6) is 0 Å². The van der Waals surface area contributed by atoms with E-state index in [-0.39, 0.29) is 24.5 Å². The summed E-state index contributed by atoms with van der Waals surface area (Å²) in [5.41, 5.74) is 1.84. The van der Waals surface area contributed by atoms with E-state index >= 15 is 0 Å². The lowest BCUT2D eigenvalue weighted by atomic mass is 9.98. The minimum Gasteiger partial charge on any atom is -0.317 e. The third kappa shape index (κ3) is 5.01. The van der Waals surface area contributed by atoms with Gasteiger partial charge in [0.1, 0.15) is 0 Å². The van der Waals surface area contributed by atoms with Crippen LogP contribution in [-0.4, -0.2) is 39.5 Å². The number of carbonyl (C=O) groups excluding carboxylic acids is 2. The maximum Gasteiger partial charge on any atom is 0.227 e. The van der Waals surface area contributed by atoms with E-state index in [4.69, 9.17) is 0 Å². The van der Waals surface area contributed by atoms with E-state index < -0.39 is 0 Å². The van der Waals surface area contributed by atoms with E-state index in [1.54, 1.807) is 11.7 Å². The average Bonchev–Trinajstić information content (AvgIpc) is 3.07. The summed E-state index contributed by atoms with van der Waals surface area (Å²) in [5.74, 6) is 1.30. The summed E-state index contributed by atoms with van der Waals surface area (Å²) in [6.45, 7) is 4.00. The van der Waals surface area contributed by atoms with Crippen LogP contribution in [0.2, 0.25) is 0 Å². The Morgan fingerprint density at radius 2 is 1.89 bits per heavy atom. The van der Waals surface area contributed by atoms with Gasteiger partial charge in [-0.25, -0.2) is 4.68 Å². The summed E-state index contributed by atoms with van der Waals surface area (Å²) in [7, 11) is 1.77. The molecule has 1 aromatic heterocycles. The third-order valence-electron chi connectivity index (χ3n) is 5.00. The summed E-state index contributed by atoms with van der Waals surface area (Å²) in [6.07, 6.45) is 3.25. The van der Waals surface area contributed by atoms with Crippen molar-refractivity contribution in [2.24, 2.45) is 7.05 Å². The summed E-state index contributed by atoms with van der Waals surface area (Å²) >= 11 is 0. The minimum absolute atomic E-state index is 0.0267. The summed E-state index contributed by atoms with van der Waals surface area (Å²) in [6, 6.07) is 7.56. The predicted octanol–water partition coefficient (Wildman–Crippen LogP) is 2.45. The first-order valence-electron chi connectivity index (χ1n) is 9.60. The highest BCUT2D eigenvalue weighted by molar-refractivity contribution is 5.99. The molecule has 7 nitrogen and oxygen atoms in total. The van der Waals surface area contributed by atoms with Crippen molar-refractivity contribution in [3.05, 3.63) is 41.2 Å². The summed E-state index contributed by atoms with van der Waals surface area (Å²) < 4.78 is 1.60. The molecule has 1 aliphatic heterocycles. The fourth-order valence-corrected chi connectivity index (χ4v) is 3.25. The topological polar surface area (TPSA) is 88.9 Å². The van der Waals surface area contributed by atoms with Gasteiger partial charge in [-0.05, 0) is 37.9 Å². The number of Topliss-reactive ketones (excluding diaryl/α,β-unsaturated/α-hetero) is 1. The number of aromatic nitrogens is 3. The third-order valence-corrected chi connectivity index (χ3v) is 5.00. The van der Waals surface area contributed by atoms with Gasteiger partial charge in [-0.15, -0.1) is 0 Å². The van der Waals surface area contributed by atoms with Crippen LogP contribution in [-0.2, 0) is 18.3 Å². The number of ketones is 1. The van der Waals surface area contributed by atoms with Gasteiger partial charge in [0.25, 0.3) is 0 Å². The van der Waals surface area contributed by atoms with Gasteiger partial charge >= 0.3 is 0 Å². The molecule has 0 bridgehead atoms. The van der Waals surface area contributed by atoms with Crippen LogP contribution in [0, 0.1) is 0 Å². The summed E-state index contributed by atoms with van der Waals surface area (Å²) in [5, 5.41) is 10.5. The smallest absolute Gasteiger partial charge is 0.227 e. The molecule has 2 heterocycles. The van der Waals surface area contributed by atoms with Crippen molar-refractivity contribution < 1.29 is 9.59 Å². The Morgan fingerprint density at radius 1 is 1.19 bits per heavy atom. The fourth-order valence-electron chi connectivity index (χ4n) is 3.25. The monoisotopic (exact) mass is 369 g/mol. The predicted molar refractivity (Wildman–Crippen MR) is 104 cm³/mol. The van der Waals surface area contributed by atoms with Crippen LogP contribution >= 0.6 is 0 Å². The van der Waals surface area contributed by atoms with Crippen LogP contribution in [0.15, 0.2) is 24.3 Å². The standard InChI is InChI=1S/C20H27N5O2/c1-3-14-4-6-15(7-5-14)17(26)8-9-18(27)22-20-23-19(24-25(20)2)16-10-12-21-13-11-16/h4-7,16,21H,3,8-13H2,1-2H3,(H,22,23,24,27). The van der Waals surface area contributed by atoms with Crippen LogP contribution < -0.4 is 10.6 Å². The molecule has 1 aliphatic rings. The number of aryl methyl sites for hydroxylation is 2. The van der Waals surface area contributed by atoms with E-state index in [2.05, 4.69) is 27.6 Å². The average molecular weight is 369 g/mol. The highest BCUT2D eigenvalue weighted by Gasteiger charge is 2.21. The minimum atomic E-state index is -0.221. The Hall–Kier alpha value is -2.54. The number of amides is 1. The molecule has 1 saturated heterocycles. The zero-order chi connectivity index (χ0) is 19.2. The van der Waals surface area contributed by atoms with Gasteiger partial charge in [0.05, 0.1) is 0 Å². The van der Waals surface area contributed by atoms with Crippen LogP contribution in [0.3, 0.4) is 0 Å². The quantitative estimate of drug-likeness (QED) is 0.732. The number of hydrogen-bond donors (Lipinski definition) is 2. The van der Waals surface area contributed by atoms with E-state index in [0.29, 0.717) is 17.4 Å². The first-order valence-corrected chi connectivity index (χ1v) is 9.60. The van der Waals surface area contributed by atoms with E-state index in [1.807, 2.05) is 24.3 Å². The van der Waals surface area contributed by atoms with Crippen molar-refractivity contribution in [1.29, 1.82) is 0 Å². The fraction of sp³-hybridized carbons (Fsp3) is 0.500. The van der Waals surface area contributed by atoms with Crippen molar-refractivity contribution in [3.63, 3.8) is 0 Å². The van der Waals surface area contributed by atoms with Gasteiger partial charge in [-0.3, -0.25) is 14.9 Å². The Morgan fingerprint density at radius 3 is 2.56 bits per heavy atom. The van der Waals surface area contributed by atoms with Crippen molar-refractivity contribution in [3.8, 4) is 0 Å². The highest BCUT2D eigenvalue weighted by Crippen LogP contribution is 2.23. The number of rotatable bonds is 7. The Bertz CT molecular complexity index is 791. The molecule has 1 fully saturated rings. The number of anilines is 1. The van der Waals surface area contributed by atoms with Crippen molar-refractivity contribution >= 4 is 17.6 Å². The Labute approximate surface area is 159 Å². The van der Waals surface area contributed by atoms with Crippen molar-refractivity contribution in [1.82, 2.24) is 20.1 Å². The molecule has 1 amide bonds. The first kappa shape index (κ1) is 19.2. The second-order valence-corrected chi connectivity index (χ2v) is 6.96. The van der Waals surface area contributed by atoms with Gasteiger partial charge < -0.3 is 5.32 Å². The van der Waals surface area contributed by atoms with Gasteiger partial charge in [0, 0.05) is 31.4 Å². The molecule has 0 atom stereocenters. The molecule has 27 heavy (non-hydrogen) atoms. The number of benzene rings is 1. The molecule has 3 rings (SSSR count). The molecular formula is C20H27N5O2. The lowest BCUT2D eigenvalue weighted by Gasteiger charge is -2.19. The number of nitrogens with zero attached hydrogens (tertiary/aromatic N) is 3. The first-order chi connectivity index (χ1) is 13.1. The molecule has 2 aromatic rings. The molecule has 0 aliphatic carbocycles. The molecule has 7 heteroatoms. The molecule has 1 aromatic carbocycles. The number of carbonyl (C=O) groups is 2. The lowest BCUT2D eigenvalue weighted by molar-refractivity contribution is -0.116. The number of hydrogen-bond acceptors (Lipinski definition) is 5. The molecular weight excluding hydrogens is 342 g/mol. The van der Waals surface area contributed by atoms with Gasteiger partial charge in [0.15, 0.2) is 11.6 Å². The van der Waals surface area contributed by atoms with Crippen molar-refractivity contribution in [2.75, 3.05) is 18.4 Å². The SMILES string of the molecule is CCc1ccc(C(=O)CCC(=O)Nc2nc(C3CCNCC3)nn2C)cc1. The molecule has 144 valence electrons. The zero-order valence-electron chi connectivity index (χ0n) is 16.0. The van der Waals surface area contributed by atoms with Crippen LogP contribution in [0.1, 0.15) is 60.3 Å². The number of nitrogens with one attached hydrogen (secondary N) is 2. The van der Waals surface area contributed by atoms with Gasteiger partial charge in [0.2, 0.25) is 11.9 Å². The highest BCUT2D eigenvalue weighted by atomic mass is 16.2. The van der Waals surface area contributed by atoms with Gasteiger partial charge in [-0.1, -0.05) is 31.2 Å². The Balaban J connectivity index is 1.52. The molecule has 0 spiro atoms. The lowest BCUT2D eigenvalue weighted by Crippen LogP contribution is -2.27. The van der Waals surface area contributed by atoms with E-state index in [1.165, 1.54) is 5.56 Å². The molecule has 2 N–H and O–H groups in total. The number of piperidine rings is 1. The van der Waals surface area contributed by atoms with E-state index in [9.17, 15) is 9.59 Å². The zero-order valence-corrected chi connectivity index (χ0v) is 16.0.